The van der Waals surface area contributed by atoms with Crippen LogP contribution in [0, 0.1) is 6.42 Å². The molecule has 0 saturated heterocycles. The van der Waals surface area contributed by atoms with Crippen molar-refractivity contribution in [3.63, 3.8) is 0 Å². The summed E-state index contributed by atoms with van der Waals surface area (Å²) in [4.78, 5) is 0. The fraction of sp³-hybridized carbons (Fsp3) is 0.833. The fourth-order valence-corrected chi connectivity index (χ4v) is 0.898. The molecule has 0 atom stereocenters. The van der Waals surface area contributed by atoms with Gasteiger partial charge in [0.25, 0.3) is 0 Å². The molecule has 0 aliphatic heterocycles. The van der Waals surface area contributed by atoms with Gasteiger partial charge < -0.3 is 6.42 Å². The molecule has 0 N–H and O–H groups in total. The molecule has 0 nitrogen and oxygen atoms in total. The molecular formula is C6H11BrTi. The van der Waals surface area contributed by atoms with Crippen LogP contribution >= 0.6 is 13.2 Å². The van der Waals surface area contributed by atoms with E-state index in [1.54, 1.807) is 0 Å². The molecule has 0 unspecified atom stereocenters. The molecule has 1 fully saturated rings. The molecule has 8 heavy (non-hydrogen) atoms. The van der Waals surface area contributed by atoms with E-state index in [-0.39, 0.29) is 0 Å². The van der Waals surface area contributed by atoms with Gasteiger partial charge in [-0.15, -0.1) is 0 Å². The minimum absolute atomic E-state index is 1.38. The van der Waals surface area contributed by atoms with Crippen LogP contribution in [0.5, 0.6) is 0 Å². The van der Waals surface area contributed by atoms with E-state index in [0.717, 1.165) is 0 Å². The van der Waals surface area contributed by atoms with Gasteiger partial charge in [-0.2, -0.15) is 12.8 Å². The van der Waals surface area contributed by atoms with Crippen molar-refractivity contribution in [3.05, 3.63) is 6.42 Å². The van der Waals surface area contributed by atoms with E-state index >= 15 is 0 Å². The van der Waals surface area contributed by atoms with Gasteiger partial charge in [0.2, 0.25) is 0 Å². The van der Waals surface area contributed by atoms with Crippen molar-refractivity contribution >= 4 is 13.2 Å². The molecule has 0 aromatic rings. The summed E-state index contributed by atoms with van der Waals surface area (Å²) in [5.41, 5.74) is 0. The van der Waals surface area contributed by atoms with Gasteiger partial charge in [0.1, 0.15) is 0 Å². The van der Waals surface area contributed by atoms with Crippen molar-refractivity contribution in [2.45, 2.75) is 32.1 Å². The van der Waals surface area contributed by atoms with Gasteiger partial charge in [0, 0.05) is 0 Å². The maximum atomic E-state index is 2.94. The Morgan fingerprint density at radius 2 is 1.50 bits per heavy atom. The summed E-state index contributed by atoms with van der Waals surface area (Å²) in [6.45, 7) is 0. The van der Waals surface area contributed by atoms with Gasteiger partial charge >= 0.3 is 31.5 Å². The Bertz CT molecular complexity index is 24.0. The number of halogens is 1. The number of hydrogen-bond acceptors (Lipinski definition) is 0. The van der Waals surface area contributed by atoms with E-state index in [1.807, 2.05) is 18.3 Å². The standard InChI is InChI=1S/C6H11.BrH.Ti/c1-2-4-6-5-3-1;;/h1H,2-6H2;1H;/q-1;;+2/p-1. The SMILES string of the molecule is [CH-]1CCCCC1.[Ti+][Br]. The van der Waals surface area contributed by atoms with Gasteiger partial charge in [0.05, 0.1) is 0 Å². The second kappa shape index (κ2) is 8.19. The molecule has 0 amide bonds. The Morgan fingerprint density at radius 1 is 1.00 bits per heavy atom. The van der Waals surface area contributed by atoms with E-state index < -0.39 is 0 Å². The summed E-state index contributed by atoms with van der Waals surface area (Å²) in [6, 6.07) is 0. The van der Waals surface area contributed by atoms with Crippen LogP contribution in [0.4, 0.5) is 0 Å². The minimum atomic E-state index is 1.38. The Hall–Kier alpha value is 1.19. The van der Waals surface area contributed by atoms with E-state index in [1.165, 1.54) is 32.1 Å². The van der Waals surface area contributed by atoms with Gasteiger partial charge in [-0.1, -0.05) is 19.3 Å². The molecule has 2 heteroatoms. The zero-order valence-corrected chi connectivity index (χ0v) is 8.14. The van der Waals surface area contributed by atoms with Crippen molar-refractivity contribution in [3.8, 4) is 0 Å². The first-order chi connectivity index (χ1) is 4.00. The molecule has 1 saturated carbocycles. The molecule has 0 spiro atoms. The fourth-order valence-electron chi connectivity index (χ4n) is 0.898. The Kier molecular flexibility index (Phi) is 9.42. The molecule has 0 bridgehead atoms. The average molecular weight is 211 g/mol. The average Bonchev–Trinajstić information content (AvgIpc) is 1.96. The third-order valence-electron chi connectivity index (χ3n) is 1.32. The Morgan fingerprint density at radius 3 is 1.62 bits per heavy atom. The monoisotopic (exact) mass is 210 g/mol. The second-order valence-electron chi connectivity index (χ2n) is 1.93. The molecule has 0 radical (unpaired) electrons. The molecule has 46 valence electrons. The van der Waals surface area contributed by atoms with E-state index in [4.69, 9.17) is 0 Å². The second-order valence-corrected chi connectivity index (χ2v) is 1.93. The first-order valence-electron chi connectivity index (χ1n) is 3.01. The zero-order chi connectivity index (χ0) is 6.24. The predicted molar refractivity (Wildman–Crippen MR) is 36.3 cm³/mol. The Balaban J connectivity index is 0.000000222. The normalized spacial score (nSPS) is 18.5. The van der Waals surface area contributed by atoms with Gasteiger partial charge in [-0.25, -0.2) is 0 Å². The van der Waals surface area contributed by atoms with Gasteiger partial charge in [0.15, 0.2) is 0 Å². The third-order valence-corrected chi connectivity index (χ3v) is 1.32. The summed E-state index contributed by atoms with van der Waals surface area (Å²) in [5.74, 6) is 0. The summed E-state index contributed by atoms with van der Waals surface area (Å²) < 4.78 is 0. The molecule has 0 aromatic heterocycles. The Labute approximate surface area is 69.9 Å². The number of hydrogen-bond donors (Lipinski definition) is 0. The quantitative estimate of drug-likeness (QED) is 0.426. The van der Waals surface area contributed by atoms with Crippen molar-refractivity contribution in [1.82, 2.24) is 0 Å². The maximum absolute atomic E-state index is 2.94. The van der Waals surface area contributed by atoms with Crippen LogP contribution in [0.3, 0.4) is 0 Å². The molecule has 1 rings (SSSR count). The summed E-state index contributed by atoms with van der Waals surface area (Å²) in [5, 5.41) is 0. The van der Waals surface area contributed by atoms with E-state index in [2.05, 4.69) is 19.6 Å². The molecule has 1 aliphatic carbocycles. The van der Waals surface area contributed by atoms with Crippen LogP contribution in [-0.2, 0) is 18.3 Å². The zero-order valence-electron chi connectivity index (χ0n) is 4.99. The van der Waals surface area contributed by atoms with Crippen LogP contribution in [0.1, 0.15) is 32.1 Å². The predicted octanol–water partition coefficient (Wildman–Crippen LogP) is 3.00. The van der Waals surface area contributed by atoms with Crippen molar-refractivity contribution in [2.24, 2.45) is 0 Å². The summed E-state index contributed by atoms with van der Waals surface area (Å²) >= 11 is 4.75. The van der Waals surface area contributed by atoms with E-state index in [0.29, 0.717) is 0 Å². The van der Waals surface area contributed by atoms with E-state index in [9.17, 15) is 0 Å². The van der Waals surface area contributed by atoms with Crippen LogP contribution in [-0.4, -0.2) is 0 Å². The molecule has 0 aromatic carbocycles. The van der Waals surface area contributed by atoms with Crippen molar-refractivity contribution in [1.29, 1.82) is 0 Å². The van der Waals surface area contributed by atoms with Crippen LogP contribution < -0.4 is 0 Å². The number of rotatable bonds is 0. The van der Waals surface area contributed by atoms with Crippen LogP contribution in [0.25, 0.3) is 0 Å². The molecular weight excluding hydrogens is 200 g/mol. The first kappa shape index (κ1) is 9.19. The van der Waals surface area contributed by atoms with Crippen LogP contribution in [0.15, 0.2) is 0 Å². The topological polar surface area (TPSA) is 0 Å². The third kappa shape index (κ3) is 5.33. The summed E-state index contributed by atoms with van der Waals surface area (Å²) in [7, 11) is 0. The van der Waals surface area contributed by atoms with Gasteiger partial charge in [-0.3, -0.25) is 0 Å². The van der Waals surface area contributed by atoms with Crippen molar-refractivity contribution < 1.29 is 18.3 Å². The molecule has 1 aliphatic rings. The van der Waals surface area contributed by atoms with Gasteiger partial charge in [-0.05, 0) is 0 Å². The molecule has 0 heterocycles. The van der Waals surface area contributed by atoms with Crippen LogP contribution in [0.2, 0.25) is 0 Å². The van der Waals surface area contributed by atoms with Crippen molar-refractivity contribution in [2.75, 3.05) is 0 Å². The first-order valence-corrected chi connectivity index (χ1v) is 6.87. The summed E-state index contributed by atoms with van der Waals surface area (Å²) in [6.07, 6.45) is 9.50.